The first kappa shape index (κ1) is 11.8. The Morgan fingerprint density at radius 3 is 2.79 bits per heavy atom. The molecule has 1 fully saturated rings. The SMILES string of the molecule is COC[C@@H]1[C@@H](OCC(F)F)CCN1C. The molecule has 0 amide bonds. The molecular formula is C9H17F2NO2. The van der Waals surface area contributed by atoms with Gasteiger partial charge >= 0.3 is 0 Å². The van der Waals surface area contributed by atoms with Gasteiger partial charge in [-0.25, -0.2) is 8.78 Å². The van der Waals surface area contributed by atoms with Crippen LogP contribution >= 0.6 is 0 Å². The van der Waals surface area contributed by atoms with Gasteiger partial charge in [0.15, 0.2) is 0 Å². The number of likely N-dealkylation sites (N-methyl/N-ethyl adjacent to an activating group) is 1. The van der Waals surface area contributed by atoms with Crippen LogP contribution in [0, 0.1) is 0 Å². The predicted octanol–water partition coefficient (Wildman–Crippen LogP) is 0.987. The highest BCUT2D eigenvalue weighted by Gasteiger charge is 2.32. The molecule has 0 bridgehead atoms. The average molecular weight is 209 g/mol. The minimum absolute atomic E-state index is 0.110. The summed E-state index contributed by atoms with van der Waals surface area (Å²) >= 11 is 0. The van der Waals surface area contributed by atoms with Crippen molar-refractivity contribution in [1.82, 2.24) is 4.90 Å². The molecule has 0 unspecified atom stereocenters. The fourth-order valence-electron chi connectivity index (χ4n) is 1.77. The maximum absolute atomic E-state index is 11.9. The van der Waals surface area contributed by atoms with Crippen molar-refractivity contribution < 1.29 is 18.3 Å². The van der Waals surface area contributed by atoms with E-state index in [0.717, 1.165) is 13.0 Å². The van der Waals surface area contributed by atoms with Crippen molar-refractivity contribution >= 4 is 0 Å². The normalized spacial score (nSPS) is 28.9. The van der Waals surface area contributed by atoms with Crippen LogP contribution < -0.4 is 0 Å². The zero-order chi connectivity index (χ0) is 10.6. The molecule has 14 heavy (non-hydrogen) atoms. The molecule has 5 heteroatoms. The van der Waals surface area contributed by atoms with Gasteiger partial charge in [0.05, 0.1) is 18.8 Å². The summed E-state index contributed by atoms with van der Waals surface area (Å²) in [6.07, 6.45) is -1.70. The van der Waals surface area contributed by atoms with E-state index in [1.165, 1.54) is 0 Å². The minimum Gasteiger partial charge on any atom is -0.383 e. The Morgan fingerprint density at radius 2 is 2.21 bits per heavy atom. The van der Waals surface area contributed by atoms with E-state index in [-0.39, 0.29) is 12.1 Å². The third-order valence-corrected chi connectivity index (χ3v) is 2.54. The lowest BCUT2D eigenvalue weighted by atomic mass is 10.2. The molecule has 1 rings (SSSR count). The molecule has 2 atom stereocenters. The fourth-order valence-corrected chi connectivity index (χ4v) is 1.77. The summed E-state index contributed by atoms with van der Waals surface area (Å²) in [5.74, 6) is 0. The summed E-state index contributed by atoms with van der Waals surface area (Å²) < 4.78 is 34.0. The van der Waals surface area contributed by atoms with Gasteiger partial charge in [0.2, 0.25) is 0 Å². The monoisotopic (exact) mass is 209 g/mol. The highest BCUT2D eigenvalue weighted by molar-refractivity contribution is 4.86. The Bertz CT molecular complexity index is 169. The molecule has 0 saturated carbocycles. The first-order chi connectivity index (χ1) is 6.65. The largest absolute Gasteiger partial charge is 0.383 e. The van der Waals surface area contributed by atoms with Crippen LogP contribution in [-0.4, -0.2) is 57.4 Å². The van der Waals surface area contributed by atoms with Gasteiger partial charge in [0.1, 0.15) is 6.61 Å². The van der Waals surface area contributed by atoms with Crippen molar-refractivity contribution in [2.75, 3.05) is 33.9 Å². The van der Waals surface area contributed by atoms with Gasteiger partial charge in [-0.2, -0.15) is 0 Å². The van der Waals surface area contributed by atoms with Crippen LogP contribution in [0.25, 0.3) is 0 Å². The Balaban J connectivity index is 2.35. The van der Waals surface area contributed by atoms with Crippen molar-refractivity contribution in [1.29, 1.82) is 0 Å². The third kappa shape index (κ3) is 3.15. The molecule has 0 N–H and O–H groups in total. The number of likely N-dealkylation sites (tertiary alicyclic amines) is 1. The first-order valence-electron chi connectivity index (χ1n) is 4.74. The maximum Gasteiger partial charge on any atom is 0.261 e. The Kier molecular flexibility index (Phi) is 4.71. The van der Waals surface area contributed by atoms with Crippen LogP contribution in [0.15, 0.2) is 0 Å². The second-order valence-corrected chi connectivity index (χ2v) is 3.55. The summed E-state index contributed by atoms with van der Waals surface area (Å²) in [4.78, 5) is 2.08. The van der Waals surface area contributed by atoms with Crippen LogP contribution in [0.5, 0.6) is 0 Å². The molecule has 0 aromatic rings. The van der Waals surface area contributed by atoms with E-state index in [1.54, 1.807) is 7.11 Å². The molecule has 0 aromatic heterocycles. The quantitative estimate of drug-likeness (QED) is 0.674. The van der Waals surface area contributed by atoms with Crippen LogP contribution in [0.2, 0.25) is 0 Å². The Morgan fingerprint density at radius 1 is 1.50 bits per heavy atom. The van der Waals surface area contributed by atoms with Gasteiger partial charge < -0.3 is 9.47 Å². The van der Waals surface area contributed by atoms with Crippen LogP contribution in [-0.2, 0) is 9.47 Å². The van der Waals surface area contributed by atoms with E-state index in [0.29, 0.717) is 6.61 Å². The number of ether oxygens (including phenoxy) is 2. The van der Waals surface area contributed by atoms with Crippen LogP contribution in [0.4, 0.5) is 8.78 Å². The van der Waals surface area contributed by atoms with Crippen LogP contribution in [0.3, 0.4) is 0 Å². The van der Waals surface area contributed by atoms with Crippen molar-refractivity contribution in [3.8, 4) is 0 Å². The molecular weight excluding hydrogens is 192 g/mol. The molecule has 1 aliphatic heterocycles. The van der Waals surface area contributed by atoms with Crippen molar-refractivity contribution in [2.24, 2.45) is 0 Å². The highest BCUT2D eigenvalue weighted by atomic mass is 19.3. The summed E-state index contributed by atoms with van der Waals surface area (Å²) in [6.45, 7) is 0.936. The molecule has 0 radical (unpaired) electrons. The predicted molar refractivity (Wildman–Crippen MR) is 48.7 cm³/mol. The second kappa shape index (κ2) is 5.58. The topological polar surface area (TPSA) is 21.7 Å². The molecule has 1 saturated heterocycles. The number of rotatable bonds is 5. The lowest BCUT2D eigenvalue weighted by Gasteiger charge is -2.24. The van der Waals surface area contributed by atoms with Gasteiger partial charge in [-0.15, -0.1) is 0 Å². The maximum atomic E-state index is 11.9. The van der Waals surface area contributed by atoms with Gasteiger partial charge in [-0.1, -0.05) is 0 Å². The molecule has 1 aliphatic rings. The number of halogens is 2. The minimum atomic E-state index is -2.39. The zero-order valence-corrected chi connectivity index (χ0v) is 8.58. The second-order valence-electron chi connectivity index (χ2n) is 3.55. The fraction of sp³-hybridized carbons (Fsp3) is 1.00. The van der Waals surface area contributed by atoms with E-state index in [1.807, 2.05) is 7.05 Å². The Labute approximate surface area is 83.0 Å². The van der Waals surface area contributed by atoms with E-state index in [4.69, 9.17) is 9.47 Å². The molecule has 0 aromatic carbocycles. The third-order valence-electron chi connectivity index (χ3n) is 2.54. The standard InChI is InChI=1S/C9H17F2NO2/c1-12-4-3-8(7(12)5-13-2)14-6-9(10)11/h7-9H,3-6H2,1-2H3/t7-,8+/m1/s1. The van der Waals surface area contributed by atoms with Crippen molar-refractivity contribution in [2.45, 2.75) is 25.0 Å². The molecule has 0 aliphatic carbocycles. The van der Waals surface area contributed by atoms with E-state index >= 15 is 0 Å². The number of alkyl halides is 2. The summed E-state index contributed by atoms with van der Waals surface area (Å²) in [5.41, 5.74) is 0. The zero-order valence-electron chi connectivity index (χ0n) is 8.58. The van der Waals surface area contributed by atoms with E-state index in [9.17, 15) is 8.78 Å². The van der Waals surface area contributed by atoms with Crippen molar-refractivity contribution in [3.05, 3.63) is 0 Å². The molecule has 0 spiro atoms. The highest BCUT2D eigenvalue weighted by Crippen LogP contribution is 2.19. The van der Waals surface area contributed by atoms with E-state index in [2.05, 4.69) is 4.90 Å². The van der Waals surface area contributed by atoms with Gasteiger partial charge in [-0.05, 0) is 13.5 Å². The molecule has 84 valence electrons. The summed E-state index contributed by atoms with van der Waals surface area (Å²) in [6, 6.07) is 0.110. The molecule has 3 nitrogen and oxygen atoms in total. The van der Waals surface area contributed by atoms with Crippen molar-refractivity contribution in [3.63, 3.8) is 0 Å². The molecule has 1 heterocycles. The number of methoxy groups -OCH3 is 1. The van der Waals surface area contributed by atoms with Gasteiger partial charge in [0.25, 0.3) is 6.43 Å². The first-order valence-corrected chi connectivity index (χ1v) is 4.74. The van der Waals surface area contributed by atoms with Gasteiger partial charge in [0, 0.05) is 13.7 Å². The lowest BCUT2D eigenvalue weighted by molar-refractivity contribution is -0.0456. The Hall–Kier alpha value is -0.260. The van der Waals surface area contributed by atoms with Gasteiger partial charge in [-0.3, -0.25) is 4.90 Å². The van der Waals surface area contributed by atoms with Crippen LogP contribution in [0.1, 0.15) is 6.42 Å². The smallest absolute Gasteiger partial charge is 0.261 e. The number of hydrogen-bond donors (Lipinski definition) is 0. The average Bonchev–Trinajstić information content (AvgIpc) is 2.46. The lowest BCUT2D eigenvalue weighted by Crippen LogP contribution is -2.38. The number of nitrogens with zero attached hydrogens (tertiary/aromatic N) is 1. The summed E-state index contributed by atoms with van der Waals surface area (Å²) in [5, 5.41) is 0. The van der Waals surface area contributed by atoms with E-state index < -0.39 is 13.0 Å². The summed E-state index contributed by atoms with van der Waals surface area (Å²) in [7, 11) is 3.56. The number of hydrogen-bond acceptors (Lipinski definition) is 3.